The molecule has 2 fully saturated rings. The van der Waals surface area contributed by atoms with Gasteiger partial charge in [0.05, 0.1) is 34.9 Å². The van der Waals surface area contributed by atoms with Crippen molar-refractivity contribution in [2.45, 2.75) is 62.7 Å². The lowest BCUT2D eigenvalue weighted by Gasteiger charge is -2.59. The van der Waals surface area contributed by atoms with Crippen LogP contribution in [0.15, 0.2) is 46.1 Å². The van der Waals surface area contributed by atoms with Crippen LogP contribution in [0.25, 0.3) is 0 Å². The molecule has 2 aromatic rings. The molecule has 1 amide bonds. The van der Waals surface area contributed by atoms with Gasteiger partial charge >= 0.3 is 5.97 Å². The molecular weight excluding hydrogens is 580 g/mol. The monoisotopic (exact) mass is 612 g/mol. The lowest BCUT2D eigenvalue weighted by atomic mass is 9.53. The van der Waals surface area contributed by atoms with Crippen molar-refractivity contribution in [2.75, 3.05) is 25.5 Å². The van der Waals surface area contributed by atoms with E-state index < -0.39 is 29.0 Å². The molecule has 2 aliphatic heterocycles. The molecule has 1 spiro atoms. The summed E-state index contributed by atoms with van der Waals surface area (Å²) in [5.41, 5.74) is -0.351. The Hall–Kier alpha value is -3.08. The Balaban J connectivity index is 1.40. The summed E-state index contributed by atoms with van der Waals surface area (Å²) in [6.07, 6.45) is 2.39. The number of aliphatic hydroxyl groups excluding tert-OH is 1. The van der Waals surface area contributed by atoms with Crippen molar-refractivity contribution in [2.24, 2.45) is 5.92 Å². The van der Waals surface area contributed by atoms with E-state index in [-0.39, 0.29) is 40.1 Å². The zero-order valence-electron chi connectivity index (χ0n) is 22.7. The van der Waals surface area contributed by atoms with Crippen LogP contribution in [-0.2, 0) is 21.4 Å². The summed E-state index contributed by atoms with van der Waals surface area (Å²) in [5, 5.41) is 37.4. The highest BCUT2D eigenvalue weighted by molar-refractivity contribution is 9.10. The summed E-state index contributed by atoms with van der Waals surface area (Å²) >= 11 is 3.32. The Morgan fingerprint density at radius 2 is 2.00 bits per heavy atom. The molecular formula is C30H33BrN2O7. The molecule has 0 radical (unpaired) electrons. The summed E-state index contributed by atoms with van der Waals surface area (Å²) in [5.74, 6) is -0.762. The minimum Gasteiger partial charge on any atom is -0.508 e. The third kappa shape index (κ3) is 3.94. The second-order valence-electron chi connectivity index (χ2n) is 11.6. The van der Waals surface area contributed by atoms with E-state index in [0.29, 0.717) is 35.3 Å². The van der Waals surface area contributed by atoms with Crippen LogP contribution in [0.2, 0.25) is 0 Å². The number of methoxy groups -OCH3 is 1. The molecule has 9 nitrogen and oxygen atoms in total. The van der Waals surface area contributed by atoms with Gasteiger partial charge in [0.25, 0.3) is 5.91 Å². The van der Waals surface area contributed by atoms with E-state index >= 15 is 0 Å². The van der Waals surface area contributed by atoms with Crippen LogP contribution in [0.4, 0.5) is 5.69 Å². The van der Waals surface area contributed by atoms with E-state index in [1.165, 1.54) is 32.9 Å². The first-order valence-electron chi connectivity index (χ1n) is 13.6. The van der Waals surface area contributed by atoms with Gasteiger partial charge in [-0.05, 0) is 81.8 Å². The standard InChI is InChI=1S/C30H33BrN2O7/c1-15(27(36)32-20-8-7-18(31)13-19(20)28(37)39-3)24(35)26-30-10-11-33(14-16-4-5-16)22(29(30,2)38)12-17-6-9-21(34)25(40-26)23(17)30/h6-9,13,16,22,26,34-35,38H,4-5,10-12,14H2,1-3H3,(H,32,36)/b24-15-/t22-,26+,29-,30+/m1/s1. The molecule has 4 N–H and O–H groups in total. The second kappa shape index (κ2) is 9.49. The average molecular weight is 614 g/mol. The topological polar surface area (TPSA) is 129 Å². The summed E-state index contributed by atoms with van der Waals surface area (Å²) in [6, 6.07) is 8.04. The van der Waals surface area contributed by atoms with Crippen molar-refractivity contribution in [3.05, 3.63) is 62.8 Å². The number of phenols is 1. The fraction of sp³-hybridized carbons (Fsp3) is 0.467. The van der Waals surface area contributed by atoms with E-state index in [0.717, 1.165) is 12.1 Å². The van der Waals surface area contributed by atoms with Crippen LogP contribution in [0.3, 0.4) is 0 Å². The number of phenolic OH excluding ortho intramolecular Hbond substituents is 1. The highest BCUT2D eigenvalue weighted by atomic mass is 79.9. The molecule has 0 aromatic heterocycles. The first kappa shape index (κ1) is 27.1. The first-order chi connectivity index (χ1) is 19.0. The Kier molecular flexibility index (Phi) is 6.43. The highest BCUT2D eigenvalue weighted by Gasteiger charge is 2.69. The number of carbonyl (C=O) groups is 2. The molecule has 2 heterocycles. The highest BCUT2D eigenvalue weighted by Crippen LogP contribution is 2.63. The number of anilines is 1. The Morgan fingerprint density at radius 1 is 1.25 bits per heavy atom. The van der Waals surface area contributed by atoms with E-state index in [1.54, 1.807) is 25.1 Å². The van der Waals surface area contributed by atoms with Gasteiger partial charge < -0.3 is 30.1 Å². The molecule has 1 saturated carbocycles. The zero-order chi connectivity index (χ0) is 28.6. The van der Waals surface area contributed by atoms with Crippen molar-refractivity contribution in [1.82, 2.24) is 4.90 Å². The second-order valence-corrected chi connectivity index (χ2v) is 12.5. The largest absolute Gasteiger partial charge is 0.508 e. The Morgan fingerprint density at radius 3 is 2.70 bits per heavy atom. The number of likely N-dealkylation sites (tertiary alicyclic amines) is 1. The van der Waals surface area contributed by atoms with Crippen LogP contribution in [0.5, 0.6) is 11.5 Å². The number of halogens is 1. The van der Waals surface area contributed by atoms with Crippen LogP contribution in [-0.4, -0.2) is 70.0 Å². The number of ether oxygens (including phenoxy) is 2. The quantitative estimate of drug-likeness (QED) is 0.217. The predicted molar refractivity (Wildman–Crippen MR) is 151 cm³/mol. The average Bonchev–Trinajstić information content (AvgIpc) is 3.67. The lowest BCUT2D eigenvalue weighted by Crippen LogP contribution is -2.73. The minimum atomic E-state index is -1.31. The summed E-state index contributed by atoms with van der Waals surface area (Å²) in [4.78, 5) is 28.1. The summed E-state index contributed by atoms with van der Waals surface area (Å²) < 4.78 is 11.8. The maximum absolute atomic E-state index is 13.4. The van der Waals surface area contributed by atoms with Gasteiger partial charge in [0.15, 0.2) is 17.6 Å². The molecule has 1 saturated heterocycles. The fourth-order valence-corrected chi connectivity index (χ4v) is 7.37. The van der Waals surface area contributed by atoms with Crippen LogP contribution < -0.4 is 10.1 Å². The molecule has 4 atom stereocenters. The fourth-order valence-electron chi connectivity index (χ4n) is 7.01. The number of nitrogens with one attached hydrogen (secondary N) is 1. The number of benzene rings is 2. The van der Waals surface area contributed by atoms with Gasteiger partial charge in [-0.25, -0.2) is 4.79 Å². The molecule has 0 unspecified atom stereocenters. The number of carbonyl (C=O) groups excluding carboxylic acids is 2. The Bertz CT molecular complexity index is 1450. The van der Waals surface area contributed by atoms with Gasteiger partial charge in [-0.1, -0.05) is 22.0 Å². The summed E-state index contributed by atoms with van der Waals surface area (Å²) in [7, 11) is 1.25. The number of nitrogens with zero attached hydrogens (tertiary/aromatic N) is 1. The van der Waals surface area contributed by atoms with E-state index in [1.807, 2.05) is 6.07 Å². The Labute approximate surface area is 240 Å². The smallest absolute Gasteiger partial charge is 0.340 e. The van der Waals surface area contributed by atoms with Crippen molar-refractivity contribution in [3.8, 4) is 11.5 Å². The SMILES string of the molecule is COC(=O)c1cc(Br)ccc1NC(=O)/C(C)=C(\O)[C@@H]1Oc2c(O)ccc3c2[C@@]12CCN(CC1CC1)[C@H](C3)[C@@]2(C)O. The first-order valence-corrected chi connectivity index (χ1v) is 14.4. The van der Waals surface area contributed by atoms with E-state index in [9.17, 15) is 24.9 Å². The van der Waals surface area contributed by atoms with Crippen LogP contribution in [0, 0.1) is 5.92 Å². The van der Waals surface area contributed by atoms with Gasteiger partial charge in [-0.15, -0.1) is 0 Å². The number of esters is 1. The molecule has 40 heavy (non-hydrogen) atoms. The van der Waals surface area contributed by atoms with Gasteiger partial charge in [0, 0.05) is 22.6 Å². The number of fused-ring (bicyclic) bond motifs is 1. The number of amides is 1. The van der Waals surface area contributed by atoms with Crippen LogP contribution in [0.1, 0.15) is 54.6 Å². The van der Waals surface area contributed by atoms with Crippen molar-refractivity contribution < 1.29 is 34.4 Å². The molecule has 212 valence electrons. The lowest BCUT2D eigenvalue weighted by molar-refractivity contribution is -0.153. The molecule has 2 aromatic carbocycles. The minimum absolute atomic E-state index is 0.0229. The normalized spacial score (nSPS) is 29.2. The number of rotatable bonds is 6. The maximum Gasteiger partial charge on any atom is 0.340 e. The zero-order valence-corrected chi connectivity index (χ0v) is 24.2. The number of aromatic hydroxyl groups is 1. The van der Waals surface area contributed by atoms with Crippen LogP contribution >= 0.6 is 15.9 Å². The third-order valence-electron chi connectivity index (χ3n) is 9.35. The van der Waals surface area contributed by atoms with Crippen molar-refractivity contribution in [3.63, 3.8) is 0 Å². The molecule has 6 rings (SSSR count). The van der Waals surface area contributed by atoms with Gasteiger partial charge in [-0.2, -0.15) is 0 Å². The number of piperidine rings is 1. The molecule has 4 aliphatic rings. The predicted octanol–water partition coefficient (Wildman–Crippen LogP) is 4.20. The third-order valence-corrected chi connectivity index (χ3v) is 9.84. The number of aliphatic hydroxyl groups is 2. The van der Waals surface area contributed by atoms with Gasteiger partial charge in [0.2, 0.25) is 0 Å². The molecule has 2 bridgehead atoms. The van der Waals surface area contributed by atoms with Gasteiger partial charge in [0.1, 0.15) is 5.76 Å². The van der Waals surface area contributed by atoms with Gasteiger partial charge in [-0.3, -0.25) is 9.69 Å². The maximum atomic E-state index is 13.4. The number of hydrogen-bond acceptors (Lipinski definition) is 8. The van der Waals surface area contributed by atoms with E-state index in [2.05, 4.69) is 26.1 Å². The molecule has 2 aliphatic carbocycles. The van der Waals surface area contributed by atoms with Crippen molar-refractivity contribution >= 4 is 33.5 Å². The van der Waals surface area contributed by atoms with E-state index in [4.69, 9.17) is 9.47 Å². The molecule has 10 heteroatoms. The number of hydrogen-bond donors (Lipinski definition) is 4. The van der Waals surface area contributed by atoms with Crippen molar-refractivity contribution in [1.29, 1.82) is 0 Å². The summed E-state index contributed by atoms with van der Waals surface area (Å²) in [6.45, 7) is 4.89.